The molecule has 6 aliphatic rings. The van der Waals surface area contributed by atoms with Gasteiger partial charge < -0.3 is 78.0 Å². The zero-order chi connectivity index (χ0) is 51.1. The Hall–Kier alpha value is -6.59. The zero-order valence-corrected chi connectivity index (χ0v) is 39.6. The summed E-state index contributed by atoms with van der Waals surface area (Å²) in [7, 11) is 2.86. The summed E-state index contributed by atoms with van der Waals surface area (Å²) in [6, 6.07) is 2.31. The van der Waals surface area contributed by atoms with E-state index in [0.717, 1.165) is 22.6 Å². The Morgan fingerprint density at radius 2 is 1.79 bits per heavy atom. The van der Waals surface area contributed by atoms with Crippen LogP contribution in [0.4, 0.5) is 0 Å². The van der Waals surface area contributed by atoms with Crippen molar-refractivity contribution in [3.8, 4) is 17.2 Å². The van der Waals surface area contributed by atoms with E-state index in [0.29, 0.717) is 47.9 Å². The molecule has 0 spiro atoms. The highest BCUT2D eigenvalue weighted by molar-refractivity contribution is 6.31. The number of benzene rings is 2. The number of carbonyl (C=O) groups excluding carboxylic acids is 4. The second-order valence-corrected chi connectivity index (χ2v) is 18.6. The second kappa shape index (κ2) is 20.6. The lowest BCUT2D eigenvalue weighted by Gasteiger charge is -2.49. The molecule has 1 saturated heterocycles. The number of aliphatic hydroxyl groups excluding tert-OH is 4. The second-order valence-electron chi connectivity index (χ2n) is 18.6. The summed E-state index contributed by atoms with van der Waals surface area (Å²) in [6.07, 6.45) is 4.52. The van der Waals surface area contributed by atoms with Crippen LogP contribution in [0, 0.1) is 11.8 Å². The van der Waals surface area contributed by atoms with Gasteiger partial charge in [-0.2, -0.15) is 0 Å². The standard InChI is InChI=1S/C50H62N8O13/c1-4-26-32(69-3)18-33(70-48-46(66)47(67)50(68,34(22-60)71-48)19-25(23-13-14-55-36(52)16-23)21-58-37(61)11-12-38(58)62)42-40(26)43(63)30-17-29-28(27(6-5-15-59)24-7-10-35(51)56-20-24)8-9-31(57-49(53)54-2)39(29)44(64)41(30)45(42)65/h7,10-13,16-18,20,25,27-28,31,34-35,46-48,55-56,59-60,64,66-68H,4-6,8-9,14-15,19,21-22,51-52H2,1-3H3,(H3,53,54,57). The summed E-state index contributed by atoms with van der Waals surface area (Å²) in [4.78, 5) is 60.9. The topological polar surface area (TPSA) is 347 Å². The summed E-state index contributed by atoms with van der Waals surface area (Å²) in [5.41, 5.74) is 17.8. The van der Waals surface area contributed by atoms with E-state index >= 15 is 9.59 Å². The van der Waals surface area contributed by atoms with Crippen LogP contribution in [0.1, 0.15) is 99.5 Å². The van der Waals surface area contributed by atoms with Gasteiger partial charge in [-0.25, -0.2) is 0 Å². The van der Waals surface area contributed by atoms with Crippen LogP contribution in [0.5, 0.6) is 17.2 Å². The van der Waals surface area contributed by atoms with Gasteiger partial charge in [0.15, 0.2) is 11.7 Å². The lowest BCUT2D eigenvalue weighted by molar-refractivity contribution is -0.316. The minimum absolute atomic E-state index is 0.0726. The normalized spacial score (nSPS) is 27.9. The van der Waals surface area contributed by atoms with Crippen molar-refractivity contribution in [1.82, 2.24) is 20.9 Å². The number of hydrogen-bond acceptors (Lipinski definition) is 18. The van der Waals surface area contributed by atoms with Gasteiger partial charge in [0.2, 0.25) is 12.1 Å². The molecule has 21 heteroatoms. The van der Waals surface area contributed by atoms with Gasteiger partial charge in [0.1, 0.15) is 41.2 Å². The SMILES string of the molecule is CCc1c(OC)cc(OC2OC(CO)C(O)(CC(CN3C(=O)C=CC3=O)C3=CCNC(N)=C3)C(O)C2O)c2c1C(=O)c1cc3c(c(O)c1C2=O)C(NC(N)=NC)CCC3C(CCCO)C1=CNC(N)C=C1. The Balaban J connectivity index is 1.19. The zero-order valence-electron chi connectivity index (χ0n) is 39.6. The van der Waals surface area contributed by atoms with Gasteiger partial charge in [0.25, 0.3) is 11.8 Å². The van der Waals surface area contributed by atoms with E-state index in [1.165, 1.54) is 20.2 Å². The van der Waals surface area contributed by atoms with Gasteiger partial charge in [-0.3, -0.25) is 29.1 Å². The van der Waals surface area contributed by atoms with E-state index in [4.69, 9.17) is 31.4 Å². The van der Waals surface area contributed by atoms with Crippen LogP contribution in [0.3, 0.4) is 0 Å². The molecular weight excluding hydrogens is 921 g/mol. The molecule has 21 nitrogen and oxygen atoms in total. The number of imide groups is 1. The number of phenols is 1. The molecule has 71 heavy (non-hydrogen) atoms. The highest BCUT2D eigenvalue weighted by Crippen LogP contribution is 2.53. The number of allylic oxidation sites excluding steroid dienone is 3. The average Bonchev–Trinajstić information content (AvgIpc) is 3.68. The molecule has 4 heterocycles. The first-order valence-corrected chi connectivity index (χ1v) is 23.7. The summed E-state index contributed by atoms with van der Waals surface area (Å²) in [6.45, 7) is 0.753. The van der Waals surface area contributed by atoms with Crippen molar-refractivity contribution in [3.63, 3.8) is 0 Å². The molecule has 2 aliphatic carbocycles. The molecule has 380 valence electrons. The summed E-state index contributed by atoms with van der Waals surface area (Å²) in [5, 5.41) is 78.5. The molecule has 0 radical (unpaired) electrons. The number of hydrogen-bond donors (Lipinski definition) is 12. The summed E-state index contributed by atoms with van der Waals surface area (Å²) < 4.78 is 18.1. The van der Waals surface area contributed by atoms with Crippen molar-refractivity contribution in [2.75, 3.05) is 40.5 Å². The van der Waals surface area contributed by atoms with Gasteiger partial charge in [0.05, 0.1) is 42.9 Å². The van der Waals surface area contributed by atoms with Gasteiger partial charge in [-0.05, 0) is 85.3 Å². The molecule has 10 atom stereocenters. The number of amides is 2. The first-order valence-electron chi connectivity index (χ1n) is 23.7. The van der Waals surface area contributed by atoms with Crippen molar-refractivity contribution in [2.24, 2.45) is 34.0 Å². The maximum Gasteiger partial charge on any atom is 0.253 e. The lowest BCUT2D eigenvalue weighted by atomic mass is 9.67. The highest BCUT2D eigenvalue weighted by Gasteiger charge is 2.57. The highest BCUT2D eigenvalue weighted by atomic mass is 16.7. The molecule has 2 aromatic rings. The Labute approximate surface area is 409 Å². The fourth-order valence-electron chi connectivity index (χ4n) is 11.0. The van der Waals surface area contributed by atoms with Gasteiger partial charge in [-0.15, -0.1) is 0 Å². The number of aromatic hydroxyl groups is 1. The van der Waals surface area contributed by atoms with Crippen LogP contribution in [0.15, 0.2) is 76.7 Å². The maximum atomic E-state index is 15.3. The van der Waals surface area contributed by atoms with Gasteiger partial charge in [0, 0.05) is 79.3 Å². The quantitative estimate of drug-likeness (QED) is 0.0499. The largest absolute Gasteiger partial charge is 0.507 e. The fourth-order valence-corrected chi connectivity index (χ4v) is 11.0. The summed E-state index contributed by atoms with van der Waals surface area (Å²) >= 11 is 0. The lowest BCUT2D eigenvalue weighted by Crippen LogP contribution is -2.68. The molecule has 0 bridgehead atoms. The van der Waals surface area contributed by atoms with Gasteiger partial charge in [-0.1, -0.05) is 19.1 Å². The molecule has 2 aromatic carbocycles. The predicted octanol–water partition coefficient (Wildman–Crippen LogP) is -0.282. The third-order valence-corrected chi connectivity index (χ3v) is 14.5. The number of nitrogens with one attached hydrogen (secondary N) is 3. The number of ketones is 2. The van der Waals surface area contributed by atoms with Crippen LogP contribution in [-0.2, 0) is 20.7 Å². The average molecular weight is 983 g/mol. The monoisotopic (exact) mass is 982 g/mol. The van der Waals surface area contributed by atoms with Gasteiger partial charge >= 0.3 is 0 Å². The Bertz CT molecular complexity index is 2660. The first kappa shape index (κ1) is 50.8. The molecule has 8 rings (SSSR count). The number of nitrogens with zero attached hydrogens (tertiary/aromatic N) is 2. The molecule has 0 saturated carbocycles. The Morgan fingerprint density at radius 3 is 2.42 bits per heavy atom. The third-order valence-electron chi connectivity index (χ3n) is 14.5. The van der Waals surface area contributed by atoms with Crippen molar-refractivity contribution in [3.05, 3.63) is 111 Å². The molecule has 0 aromatic heterocycles. The van der Waals surface area contributed by atoms with Crippen molar-refractivity contribution in [1.29, 1.82) is 0 Å². The van der Waals surface area contributed by atoms with Crippen molar-refractivity contribution in [2.45, 2.75) is 93.8 Å². The van der Waals surface area contributed by atoms with E-state index in [1.807, 2.05) is 18.4 Å². The molecule has 2 amide bonds. The van der Waals surface area contributed by atoms with Crippen molar-refractivity contribution < 1.29 is 64.0 Å². The van der Waals surface area contributed by atoms with Crippen LogP contribution < -0.4 is 42.6 Å². The number of rotatable bonds is 16. The number of guanidine groups is 1. The number of nitrogens with two attached hydrogens (primary N) is 3. The van der Waals surface area contributed by atoms with E-state index in [2.05, 4.69) is 20.9 Å². The van der Waals surface area contributed by atoms with Crippen LogP contribution in [0.25, 0.3) is 0 Å². The van der Waals surface area contributed by atoms with Crippen LogP contribution >= 0.6 is 0 Å². The smallest absolute Gasteiger partial charge is 0.253 e. The van der Waals surface area contributed by atoms with E-state index in [9.17, 15) is 40.2 Å². The molecule has 4 aliphatic heterocycles. The van der Waals surface area contributed by atoms with Crippen LogP contribution in [0.2, 0.25) is 0 Å². The molecule has 1 fully saturated rings. The third kappa shape index (κ3) is 9.29. The number of aliphatic hydroxyl groups is 5. The molecular formula is C50H62N8O13. The Morgan fingerprint density at radius 1 is 1.04 bits per heavy atom. The maximum absolute atomic E-state index is 15.3. The number of carbonyl (C=O) groups is 4. The molecule has 10 unspecified atom stereocenters. The number of aliphatic imine (C=N–C) groups is 1. The minimum atomic E-state index is -2.45. The van der Waals surface area contributed by atoms with E-state index in [-0.39, 0.29) is 83.5 Å². The summed E-state index contributed by atoms with van der Waals surface area (Å²) in [5.74, 6) is -4.46. The van der Waals surface area contributed by atoms with Crippen molar-refractivity contribution >= 4 is 29.3 Å². The van der Waals surface area contributed by atoms with E-state index in [1.54, 1.807) is 25.1 Å². The predicted molar refractivity (Wildman–Crippen MR) is 257 cm³/mol. The van der Waals surface area contributed by atoms with E-state index < -0.39 is 90.5 Å². The number of methoxy groups -OCH3 is 1. The number of fused-ring (bicyclic) bond motifs is 3. The number of phenolic OH excluding ortho intramolecular Hbond substituents is 1. The minimum Gasteiger partial charge on any atom is -0.507 e. The number of dihydropyridines is 2. The Kier molecular flexibility index (Phi) is 14.8. The first-order chi connectivity index (χ1) is 34.0. The fraction of sp³-hybridized carbons (Fsp3) is 0.460. The van der Waals surface area contributed by atoms with Crippen LogP contribution in [-0.4, -0.2) is 142 Å². The molecule has 15 N–H and O–H groups in total. The number of ether oxygens (including phenoxy) is 3.